The summed E-state index contributed by atoms with van der Waals surface area (Å²) >= 11 is 0. The van der Waals surface area contributed by atoms with Crippen molar-refractivity contribution in [3.63, 3.8) is 0 Å². The van der Waals surface area contributed by atoms with Gasteiger partial charge in [-0.25, -0.2) is 4.98 Å². The lowest BCUT2D eigenvalue weighted by molar-refractivity contribution is -0.129. The number of amides is 1. The van der Waals surface area contributed by atoms with Crippen LogP contribution in [0.25, 0.3) is 22.5 Å². The van der Waals surface area contributed by atoms with Crippen LogP contribution in [-0.4, -0.2) is 49.3 Å². The number of nitrogens with zero attached hydrogens (tertiary/aromatic N) is 4. The molecule has 0 aromatic carbocycles. The Morgan fingerprint density at radius 2 is 2.16 bits per heavy atom. The van der Waals surface area contributed by atoms with Gasteiger partial charge >= 0.3 is 0 Å². The normalized spacial score (nSPS) is 30.4. The lowest BCUT2D eigenvalue weighted by Gasteiger charge is -2.58. The first-order valence-corrected chi connectivity index (χ1v) is 11.0. The Hall–Kier alpha value is -3.45. The molecule has 3 heterocycles. The molecule has 1 unspecified atom stereocenters. The molecule has 3 aromatic rings. The first-order valence-electron chi connectivity index (χ1n) is 11.0. The Morgan fingerprint density at radius 1 is 1.34 bits per heavy atom. The van der Waals surface area contributed by atoms with E-state index in [9.17, 15) is 9.90 Å². The highest BCUT2D eigenvalue weighted by Crippen LogP contribution is 2.56. The van der Waals surface area contributed by atoms with Crippen molar-refractivity contribution < 1.29 is 14.4 Å². The lowest BCUT2D eigenvalue weighted by Crippen LogP contribution is -2.59. The fourth-order valence-electron chi connectivity index (χ4n) is 6.33. The number of aromatic nitrogens is 4. The summed E-state index contributed by atoms with van der Waals surface area (Å²) in [6, 6.07) is 4.04. The number of aromatic amines is 1. The van der Waals surface area contributed by atoms with Crippen molar-refractivity contribution in [1.29, 1.82) is 5.26 Å². The van der Waals surface area contributed by atoms with Gasteiger partial charge in [0.15, 0.2) is 0 Å². The van der Waals surface area contributed by atoms with Gasteiger partial charge in [-0.1, -0.05) is 5.16 Å². The molecule has 4 aliphatic rings. The van der Waals surface area contributed by atoms with Crippen LogP contribution in [0, 0.1) is 29.1 Å². The largest absolute Gasteiger partial charge is 0.390 e. The molecule has 0 aliphatic heterocycles. The molecule has 32 heavy (non-hydrogen) atoms. The fourth-order valence-corrected chi connectivity index (χ4v) is 6.33. The van der Waals surface area contributed by atoms with Gasteiger partial charge < -0.3 is 25.2 Å². The molecule has 4 saturated carbocycles. The molecule has 1 amide bonds. The Morgan fingerprint density at radius 3 is 2.91 bits per heavy atom. The monoisotopic (exact) mass is 433 g/mol. The van der Waals surface area contributed by atoms with Crippen LogP contribution in [0.5, 0.6) is 0 Å². The number of H-pyrrole nitrogens is 1. The molecule has 4 bridgehead atoms. The molecule has 10 nitrogen and oxygen atoms in total. The maximum Gasteiger partial charge on any atom is 0.293 e. The predicted molar refractivity (Wildman–Crippen MR) is 113 cm³/mol. The van der Waals surface area contributed by atoms with Crippen molar-refractivity contribution in [3.8, 4) is 17.5 Å². The predicted octanol–water partition coefficient (Wildman–Crippen LogP) is 2.22. The van der Waals surface area contributed by atoms with Gasteiger partial charge in [0, 0.05) is 23.8 Å². The average Bonchev–Trinajstić information content (AvgIpc) is 3.43. The van der Waals surface area contributed by atoms with Gasteiger partial charge in [0.25, 0.3) is 17.6 Å². The topological polar surface area (TPSA) is 153 Å². The third kappa shape index (κ3) is 3.04. The average molecular weight is 433 g/mol. The quantitative estimate of drug-likeness (QED) is 0.447. The number of carbonyl (C=O) groups is 1. The molecule has 0 radical (unpaired) electrons. The molecule has 3 aromatic heterocycles. The second-order valence-electron chi connectivity index (χ2n) is 9.42. The molecule has 0 saturated heterocycles. The summed E-state index contributed by atoms with van der Waals surface area (Å²) in [5.41, 5.74) is 1.70. The van der Waals surface area contributed by atoms with Gasteiger partial charge in [-0.3, -0.25) is 4.79 Å². The van der Waals surface area contributed by atoms with Crippen molar-refractivity contribution in [2.24, 2.45) is 17.8 Å². The van der Waals surface area contributed by atoms with E-state index >= 15 is 0 Å². The zero-order valence-corrected chi connectivity index (χ0v) is 17.3. The minimum Gasteiger partial charge on any atom is -0.390 e. The number of hydrogen-bond donors (Lipinski definition) is 4. The van der Waals surface area contributed by atoms with Crippen LogP contribution in [0.15, 0.2) is 23.0 Å². The maximum atomic E-state index is 12.1. The third-order valence-corrected chi connectivity index (χ3v) is 7.33. The highest BCUT2D eigenvalue weighted by atomic mass is 16.5. The molecule has 4 aliphatic carbocycles. The summed E-state index contributed by atoms with van der Waals surface area (Å²) in [5.74, 6) is 0.929. The number of fused-ring (bicyclic) bond motifs is 1. The summed E-state index contributed by atoms with van der Waals surface area (Å²) in [4.78, 5) is 24.0. The zero-order valence-electron chi connectivity index (χ0n) is 17.3. The SMILES string of the molecule is N#CCNC(=O)c1noc(-c2cnc3[nH]ccc3c2N[C@H]2[C@@H]3CC4C[C@H]2C[C@@](O)(C4)C3)n1. The first kappa shape index (κ1) is 19.3. The summed E-state index contributed by atoms with van der Waals surface area (Å²) in [6.45, 7) is -0.135. The van der Waals surface area contributed by atoms with Crippen LogP contribution >= 0.6 is 0 Å². The summed E-state index contributed by atoms with van der Waals surface area (Å²) in [6.07, 6.45) is 8.37. The van der Waals surface area contributed by atoms with Crippen LogP contribution in [-0.2, 0) is 0 Å². The number of hydrogen-bond acceptors (Lipinski definition) is 8. The van der Waals surface area contributed by atoms with Crippen molar-refractivity contribution in [3.05, 3.63) is 24.3 Å². The fraction of sp³-hybridized carbons (Fsp3) is 0.500. The molecule has 5 atom stereocenters. The number of nitriles is 1. The number of pyridine rings is 1. The Kier molecular flexibility index (Phi) is 4.23. The van der Waals surface area contributed by atoms with Gasteiger partial charge in [0.2, 0.25) is 0 Å². The van der Waals surface area contributed by atoms with E-state index in [-0.39, 0.29) is 24.3 Å². The molecular weight excluding hydrogens is 410 g/mol. The van der Waals surface area contributed by atoms with E-state index in [0.717, 1.165) is 48.8 Å². The van der Waals surface area contributed by atoms with Crippen LogP contribution < -0.4 is 10.6 Å². The molecule has 0 spiro atoms. The highest BCUT2D eigenvalue weighted by Gasteiger charge is 2.54. The number of carbonyl (C=O) groups excluding carboxylic acids is 1. The van der Waals surface area contributed by atoms with E-state index < -0.39 is 11.5 Å². The van der Waals surface area contributed by atoms with Gasteiger partial charge in [-0.2, -0.15) is 10.2 Å². The van der Waals surface area contributed by atoms with Crippen LogP contribution in [0.3, 0.4) is 0 Å². The maximum absolute atomic E-state index is 12.1. The Labute approximate surface area is 183 Å². The standard InChI is InChI=1S/C22H23N7O3/c23-2-4-25-20(30)19-28-21(32-29-19)15-10-26-18-14(1-3-24-18)17(15)27-16-12-5-11-6-13(16)9-22(31,7-11)8-12/h1,3,10-13,16,31H,4-9H2,(H,25,30)(H2,24,26,27)/t11?,12-,13+,16+,22-. The highest BCUT2D eigenvalue weighted by molar-refractivity contribution is 5.97. The van der Waals surface area contributed by atoms with Crippen molar-refractivity contribution in [1.82, 2.24) is 25.4 Å². The smallest absolute Gasteiger partial charge is 0.293 e. The van der Waals surface area contributed by atoms with Crippen LogP contribution in [0.4, 0.5) is 5.69 Å². The first-order chi connectivity index (χ1) is 15.5. The number of nitrogens with one attached hydrogen (secondary N) is 3. The zero-order chi connectivity index (χ0) is 21.9. The number of anilines is 1. The van der Waals surface area contributed by atoms with Crippen molar-refractivity contribution >= 4 is 22.6 Å². The van der Waals surface area contributed by atoms with Crippen molar-refractivity contribution in [2.45, 2.75) is 43.7 Å². The number of rotatable bonds is 5. The van der Waals surface area contributed by atoms with E-state index in [0.29, 0.717) is 23.3 Å². The van der Waals surface area contributed by atoms with Gasteiger partial charge in [-0.15, -0.1) is 0 Å². The summed E-state index contributed by atoms with van der Waals surface area (Å²) < 4.78 is 5.41. The molecular formula is C22H23N7O3. The third-order valence-electron chi connectivity index (χ3n) is 7.33. The van der Waals surface area contributed by atoms with E-state index in [1.807, 2.05) is 18.3 Å². The van der Waals surface area contributed by atoms with Crippen LogP contribution in [0.1, 0.15) is 42.7 Å². The van der Waals surface area contributed by atoms with E-state index in [2.05, 4.69) is 30.7 Å². The summed E-state index contributed by atoms with van der Waals surface area (Å²) in [7, 11) is 0. The Balaban J connectivity index is 1.36. The second-order valence-corrected chi connectivity index (χ2v) is 9.42. The minimum absolute atomic E-state index is 0.132. The second kappa shape index (κ2) is 7.03. The van der Waals surface area contributed by atoms with Crippen molar-refractivity contribution in [2.75, 3.05) is 11.9 Å². The van der Waals surface area contributed by atoms with Gasteiger partial charge in [-0.05, 0) is 55.9 Å². The lowest BCUT2D eigenvalue weighted by atomic mass is 9.52. The molecule has 7 rings (SSSR count). The van der Waals surface area contributed by atoms with E-state index in [1.54, 1.807) is 6.20 Å². The minimum atomic E-state index is -0.568. The number of aliphatic hydroxyl groups is 1. The van der Waals surface area contributed by atoms with E-state index in [1.165, 1.54) is 0 Å². The molecule has 4 fully saturated rings. The molecule has 4 N–H and O–H groups in total. The molecule has 10 heteroatoms. The van der Waals surface area contributed by atoms with E-state index in [4.69, 9.17) is 9.78 Å². The summed E-state index contributed by atoms with van der Waals surface area (Å²) in [5, 5.41) is 30.5. The molecule has 164 valence electrons. The Bertz CT molecular complexity index is 1230. The van der Waals surface area contributed by atoms with Gasteiger partial charge in [0.1, 0.15) is 12.2 Å². The van der Waals surface area contributed by atoms with Gasteiger partial charge in [0.05, 0.1) is 22.9 Å². The van der Waals surface area contributed by atoms with Crippen LogP contribution in [0.2, 0.25) is 0 Å².